The molecule has 0 amide bonds. The number of nitrogens with two attached hydrogens (primary N) is 1. The van der Waals surface area contributed by atoms with E-state index in [9.17, 15) is 4.79 Å². The van der Waals surface area contributed by atoms with Gasteiger partial charge in [0.25, 0.3) is 0 Å². The molecule has 1 aliphatic carbocycles. The molecule has 0 saturated heterocycles. The highest BCUT2D eigenvalue weighted by Gasteiger charge is 2.16. The molecule has 0 radical (unpaired) electrons. The number of carboxylic acid groups (broad SMARTS) is 1. The fourth-order valence-corrected chi connectivity index (χ4v) is 0.925. The molecular formula is C6H9NO2. The first-order valence-corrected chi connectivity index (χ1v) is 2.89. The van der Waals surface area contributed by atoms with Crippen molar-refractivity contribution < 1.29 is 9.90 Å². The summed E-state index contributed by atoms with van der Waals surface area (Å²) in [5.74, 6) is -0.831. The van der Waals surface area contributed by atoms with E-state index in [2.05, 4.69) is 0 Å². The van der Waals surface area contributed by atoms with Crippen LogP contribution < -0.4 is 5.73 Å². The molecule has 0 aliphatic heterocycles. The average molecular weight is 127 g/mol. The normalized spacial score (nSPS) is 25.9. The first-order valence-electron chi connectivity index (χ1n) is 2.89. The zero-order valence-corrected chi connectivity index (χ0v) is 5.00. The van der Waals surface area contributed by atoms with Gasteiger partial charge in [0.2, 0.25) is 0 Å². The predicted octanol–water partition coefficient (Wildman–Crippen LogP) is 0.118. The third-order valence-electron chi connectivity index (χ3n) is 1.44. The molecule has 3 heteroatoms. The van der Waals surface area contributed by atoms with E-state index in [1.807, 2.05) is 0 Å². The van der Waals surface area contributed by atoms with E-state index < -0.39 is 5.97 Å². The number of rotatable bonds is 1. The van der Waals surface area contributed by atoms with E-state index in [0.29, 0.717) is 12.0 Å². The third-order valence-corrected chi connectivity index (χ3v) is 1.44. The summed E-state index contributed by atoms with van der Waals surface area (Å²) in [4.78, 5) is 10.2. The maximum absolute atomic E-state index is 10.2. The van der Waals surface area contributed by atoms with Gasteiger partial charge in [-0.25, -0.2) is 4.79 Å². The van der Waals surface area contributed by atoms with Crippen molar-refractivity contribution in [1.29, 1.82) is 0 Å². The smallest absolute Gasteiger partial charge is 0.331 e. The minimum atomic E-state index is -0.831. The molecule has 0 aromatic carbocycles. The summed E-state index contributed by atoms with van der Waals surface area (Å²) >= 11 is 0. The molecule has 1 atom stereocenters. The second-order valence-corrected chi connectivity index (χ2v) is 2.20. The first-order chi connectivity index (χ1) is 4.20. The molecule has 3 nitrogen and oxygen atoms in total. The Morgan fingerprint density at radius 1 is 1.89 bits per heavy atom. The lowest BCUT2D eigenvalue weighted by atomic mass is 10.2. The number of carbonyl (C=O) groups is 1. The van der Waals surface area contributed by atoms with Crippen molar-refractivity contribution in [2.75, 3.05) is 0 Å². The molecule has 1 rings (SSSR count). The molecule has 0 saturated carbocycles. The highest BCUT2D eigenvalue weighted by Crippen LogP contribution is 2.16. The van der Waals surface area contributed by atoms with Crippen LogP contribution in [0.4, 0.5) is 0 Å². The maximum atomic E-state index is 10.2. The van der Waals surface area contributed by atoms with E-state index >= 15 is 0 Å². The Bertz CT molecular complexity index is 162. The second kappa shape index (κ2) is 2.19. The quantitative estimate of drug-likeness (QED) is 0.525. The standard InChI is InChI=1S/C6H9NO2/c7-5-2-1-4(3-5)6(8)9/h3,5H,1-2,7H2,(H,8,9)/t5-/m0/s1. The largest absolute Gasteiger partial charge is 0.478 e. The Morgan fingerprint density at radius 3 is 2.78 bits per heavy atom. The Balaban J connectivity index is 2.62. The molecule has 0 heterocycles. The minimum absolute atomic E-state index is 0.0314. The third kappa shape index (κ3) is 1.29. The molecule has 3 N–H and O–H groups in total. The van der Waals surface area contributed by atoms with Crippen molar-refractivity contribution in [3.05, 3.63) is 11.6 Å². The van der Waals surface area contributed by atoms with Gasteiger partial charge in [0.1, 0.15) is 0 Å². The van der Waals surface area contributed by atoms with Gasteiger partial charge in [-0.05, 0) is 12.8 Å². The topological polar surface area (TPSA) is 63.3 Å². The van der Waals surface area contributed by atoms with Crippen molar-refractivity contribution in [3.8, 4) is 0 Å². The van der Waals surface area contributed by atoms with Gasteiger partial charge in [0, 0.05) is 11.6 Å². The molecule has 0 aromatic rings. The van der Waals surface area contributed by atoms with Crippen molar-refractivity contribution in [2.24, 2.45) is 5.73 Å². The molecule has 0 bridgehead atoms. The average Bonchev–Trinajstić information content (AvgIpc) is 2.14. The summed E-state index contributed by atoms with van der Waals surface area (Å²) in [5, 5.41) is 8.41. The lowest BCUT2D eigenvalue weighted by molar-refractivity contribution is -0.132. The van der Waals surface area contributed by atoms with Crippen LogP contribution in [0.2, 0.25) is 0 Å². The van der Waals surface area contributed by atoms with Crippen LogP contribution >= 0.6 is 0 Å². The number of aliphatic carboxylic acids is 1. The Kier molecular flexibility index (Phi) is 1.53. The predicted molar refractivity (Wildman–Crippen MR) is 32.9 cm³/mol. The first kappa shape index (κ1) is 6.29. The van der Waals surface area contributed by atoms with E-state index in [1.165, 1.54) is 0 Å². The van der Waals surface area contributed by atoms with Crippen molar-refractivity contribution in [3.63, 3.8) is 0 Å². The summed E-state index contributed by atoms with van der Waals surface area (Å²) in [7, 11) is 0. The lowest BCUT2D eigenvalue weighted by Crippen LogP contribution is -2.12. The highest BCUT2D eigenvalue weighted by molar-refractivity contribution is 5.87. The van der Waals surface area contributed by atoms with E-state index in [1.54, 1.807) is 6.08 Å². The lowest BCUT2D eigenvalue weighted by Gasteiger charge is -1.90. The van der Waals surface area contributed by atoms with Gasteiger partial charge in [-0.2, -0.15) is 0 Å². The summed E-state index contributed by atoms with van der Waals surface area (Å²) in [6.07, 6.45) is 3.01. The molecule has 0 fully saturated rings. The molecule has 0 spiro atoms. The zero-order chi connectivity index (χ0) is 6.85. The molecule has 0 unspecified atom stereocenters. The van der Waals surface area contributed by atoms with Crippen LogP contribution in [0.25, 0.3) is 0 Å². The van der Waals surface area contributed by atoms with Gasteiger partial charge in [-0.3, -0.25) is 0 Å². The molecule has 1 aliphatic rings. The molecule has 50 valence electrons. The number of hydrogen-bond donors (Lipinski definition) is 2. The Morgan fingerprint density at radius 2 is 2.56 bits per heavy atom. The summed E-state index contributed by atoms with van der Waals surface area (Å²) in [5.41, 5.74) is 5.88. The van der Waals surface area contributed by atoms with Crippen LogP contribution in [0.15, 0.2) is 11.6 Å². The summed E-state index contributed by atoms with van der Waals surface area (Å²) < 4.78 is 0. The molecule has 9 heavy (non-hydrogen) atoms. The fraction of sp³-hybridized carbons (Fsp3) is 0.500. The van der Waals surface area contributed by atoms with Gasteiger partial charge in [-0.1, -0.05) is 6.08 Å². The van der Waals surface area contributed by atoms with Gasteiger partial charge in [-0.15, -0.1) is 0 Å². The van der Waals surface area contributed by atoms with E-state index in [0.717, 1.165) is 6.42 Å². The van der Waals surface area contributed by atoms with Crippen LogP contribution in [0.5, 0.6) is 0 Å². The van der Waals surface area contributed by atoms with Crippen molar-refractivity contribution in [1.82, 2.24) is 0 Å². The van der Waals surface area contributed by atoms with Crippen molar-refractivity contribution >= 4 is 5.97 Å². The molecule has 0 aromatic heterocycles. The fourth-order valence-electron chi connectivity index (χ4n) is 0.925. The monoisotopic (exact) mass is 127 g/mol. The van der Waals surface area contributed by atoms with Crippen LogP contribution in [-0.4, -0.2) is 17.1 Å². The van der Waals surface area contributed by atoms with Crippen LogP contribution in [-0.2, 0) is 4.79 Å². The summed E-state index contributed by atoms with van der Waals surface area (Å²) in [6.45, 7) is 0. The second-order valence-electron chi connectivity index (χ2n) is 2.20. The number of hydrogen-bond acceptors (Lipinski definition) is 2. The minimum Gasteiger partial charge on any atom is -0.478 e. The van der Waals surface area contributed by atoms with E-state index in [-0.39, 0.29) is 6.04 Å². The number of carboxylic acids is 1. The zero-order valence-electron chi connectivity index (χ0n) is 5.00. The van der Waals surface area contributed by atoms with Gasteiger partial charge >= 0.3 is 5.97 Å². The van der Waals surface area contributed by atoms with Crippen molar-refractivity contribution in [2.45, 2.75) is 18.9 Å². The van der Waals surface area contributed by atoms with Gasteiger partial charge < -0.3 is 10.8 Å². The van der Waals surface area contributed by atoms with Gasteiger partial charge in [0.05, 0.1) is 0 Å². The maximum Gasteiger partial charge on any atom is 0.331 e. The Hall–Kier alpha value is -0.830. The molecular weight excluding hydrogens is 118 g/mol. The van der Waals surface area contributed by atoms with Crippen LogP contribution in [0.3, 0.4) is 0 Å². The van der Waals surface area contributed by atoms with Crippen LogP contribution in [0, 0.1) is 0 Å². The SMILES string of the molecule is N[C@@H]1C=C(C(=O)O)CC1. The van der Waals surface area contributed by atoms with E-state index in [4.69, 9.17) is 10.8 Å². The van der Waals surface area contributed by atoms with Gasteiger partial charge in [0.15, 0.2) is 0 Å². The van der Waals surface area contributed by atoms with Crippen LogP contribution in [0.1, 0.15) is 12.8 Å². The highest BCUT2D eigenvalue weighted by atomic mass is 16.4. The summed E-state index contributed by atoms with van der Waals surface area (Å²) in [6, 6.07) is -0.0314. The Labute approximate surface area is 53.2 Å².